The fourth-order valence-electron chi connectivity index (χ4n) is 3.58. The van der Waals surface area contributed by atoms with Gasteiger partial charge in [0.2, 0.25) is 0 Å². The van der Waals surface area contributed by atoms with Crippen LogP contribution in [0, 0.1) is 0 Å². The summed E-state index contributed by atoms with van der Waals surface area (Å²) < 4.78 is 9.81. The first-order chi connectivity index (χ1) is 14.7. The van der Waals surface area contributed by atoms with Crippen molar-refractivity contribution in [3.05, 3.63) is 84.9 Å². The Labute approximate surface area is 174 Å². The number of pyridine rings is 1. The number of imidazole rings is 1. The van der Waals surface area contributed by atoms with Crippen molar-refractivity contribution >= 4 is 11.0 Å². The number of hydrogen-bond acceptors (Lipinski definition) is 4. The van der Waals surface area contributed by atoms with Crippen molar-refractivity contribution in [2.45, 2.75) is 6.61 Å². The molecule has 0 atom stereocenters. The summed E-state index contributed by atoms with van der Waals surface area (Å²) in [6.07, 6.45) is 3.75. The normalized spacial score (nSPS) is 11.1. The molecule has 0 unspecified atom stereocenters. The van der Waals surface area contributed by atoms with E-state index in [4.69, 9.17) is 4.74 Å². The van der Waals surface area contributed by atoms with Crippen LogP contribution in [0.5, 0.6) is 5.75 Å². The molecule has 0 radical (unpaired) electrons. The molecule has 0 aliphatic carbocycles. The van der Waals surface area contributed by atoms with Crippen molar-refractivity contribution in [1.82, 2.24) is 24.3 Å². The van der Waals surface area contributed by atoms with Crippen LogP contribution in [0.3, 0.4) is 0 Å². The maximum absolute atomic E-state index is 5.94. The molecule has 0 saturated carbocycles. The molecule has 0 bridgehead atoms. The second-order valence-electron chi connectivity index (χ2n) is 7.17. The summed E-state index contributed by atoms with van der Waals surface area (Å²) in [5, 5.41) is 4.62. The zero-order valence-corrected chi connectivity index (χ0v) is 16.9. The van der Waals surface area contributed by atoms with E-state index < -0.39 is 0 Å². The Hall–Kier alpha value is -3.93. The van der Waals surface area contributed by atoms with Crippen LogP contribution < -0.4 is 4.74 Å². The molecule has 5 aromatic rings. The summed E-state index contributed by atoms with van der Waals surface area (Å²) >= 11 is 0. The first kappa shape index (κ1) is 18.1. The van der Waals surface area contributed by atoms with Gasteiger partial charge in [-0.2, -0.15) is 5.10 Å². The van der Waals surface area contributed by atoms with Gasteiger partial charge in [0.1, 0.15) is 23.9 Å². The van der Waals surface area contributed by atoms with Gasteiger partial charge >= 0.3 is 0 Å². The number of aromatic nitrogens is 5. The fourth-order valence-corrected chi connectivity index (χ4v) is 3.58. The minimum atomic E-state index is 0.380. The van der Waals surface area contributed by atoms with E-state index >= 15 is 0 Å². The number of nitrogens with zero attached hydrogens (tertiary/aromatic N) is 5. The molecule has 0 fully saturated rings. The van der Waals surface area contributed by atoms with Crippen LogP contribution in [0.4, 0.5) is 0 Å². The quantitative estimate of drug-likeness (QED) is 0.436. The highest BCUT2D eigenvalue weighted by Gasteiger charge is 2.14. The fraction of sp³-hybridized carbons (Fsp3) is 0.125. The van der Waals surface area contributed by atoms with E-state index in [1.165, 1.54) is 0 Å². The lowest BCUT2D eigenvalue weighted by Gasteiger charge is -2.07. The molecule has 0 N–H and O–H groups in total. The Balaban J connectivity index is 1.37. The molecular weight excluding hydrogens is 374 g/mol. The lowest BCUT2D eigenvalue weighted by Crippen LogP contribution is -2.03. The molecule has 148 valence electrons. The third-order valence-corrected chi connectivity index (χ3v) is 5.14. The number of aryl methyl sites for hydroxylation is 2. The largest absolute Gasteiger partial charge is 0.484 e. The van der Waals surface area contributed by atoms with Crippen LogP contribution in [0.2, 0.25) is 0 Å². The highest BCUT2D eigenvalue weighted by Crippen LogP contribution is 2.30. The van der Waals surface area contributed by atoms with Crippen molar-refractivity contribution in [2.75, 3.05) is 0 Å². The summed E-state index contributed by atoms with van der Waals surface area (Å²) in [4.78, 5) is 9.24. The molecule has 30 heavy (non-hydrogen) atoms. The molecule has 0 saturated heterocycles. The van der Waals surface area contributed by atoms with E-state index in [0.717, 1.165) is 39.4 Å². The van der Waals surface area contributed by atoms with Crippen LogP contribution in [0.15, 0.2) is 79.1 Å². The predicted octanol–water partition coefficient (Wildman–Crippen LogP) is 4.61. The van der Waals surface area contributed by atoms with Crippen LogP contribution >= 0.6 is 0 Å². The highest BCUT2D eigenvalue weighted by atomic mass is 16.5. The molecular formula is C24H21N5O. The van der Waals surface area contributed by atoms with Crippen LogP contribution in [-0.4, -0.2) is 24.3 Å². The minimum absolute atomic E-state index is 0.380. The number of ether oxygens (including phenoxy) is 1. The second kappa shape index (κ2) is 7.48. The molecule has 0 aliphatic rings. The SMILES string of the molecule is Cn1cc(-c2ccccc2)c(-c2ccc(OCc3nc4ccccc4n3C)cn2)n1. The lowest BCUT2D eigenvalue weighted by atomic mass is 10.0. The Morgan fingerprint density at radius 1 is 0.900 bits per heavy atom. The monoisotopic (exact) mass is 395 g/mol. The smallest absolute Gasteiger partial charge is 0.147 e. The minimum Gasteiger partial charge on any atom is -0.484 e. The molecule has 3 aromatic heterocycles. The summed E-state index contributed by atoms with van der Waals surface area (Å²) in [6.45, 7) is 0.380. The summed E-state index contributed by atoms with van der Waals surface area (Å²) in [5.74, 6) is 1.57. The average molecular weight is 395 g/mol. The van der Waals surface area contributed by atoms with E-state index in [2.05, 4.69) is 37.8 Å². The highest BCUT2D eigenvalue weighted by molar-refractivity contribution is 5.79. The third kappa shape index (κ3) is 3.33. The summed E-state index contributed by atoms with van der Waals surface area (Å²) in [5.41, 5.74) is 5.89. The molecule has 0 amide bonds. The van der Waals surface area contributed by atoms with Crippen molar-refractivity contribution < 1.29 is 4.74 Å². The Morgan fingerprint density at radius 2 is 1.70 bits per heavy atom. The molecule has 2 aromatic carbocycles. The van der Waals surface area contributed by atoms with E-state index in [1.807, 2.05) is 73.5 Å². The van der Waals surface area contributed by atoms with Crippen molar-refractivity contribution in [3.63, 3.8) is 0 Å². The maximum Gasteiger partial charge on any atom is 0.147 e. The van der Waals surface area contributed by atoms with Gasteiger partial charge in [-0.1, -0.05) is 42.5 Å². The van der Waals surface area contributed by atoms with Gasteiger partial charge in [0.15, 0.2) is 0 Å². The lowest BCUT2D eigenvalue weighted by molar-refractivity contribution is 0.291. The molecule has 6 heteroatoms. The van der Waals surface area contributed by atoms with Crippen LogP contribution in [0.25, 0.3) is 33.5 Å². The standard InChI is InChI=1S/C24H21N5O/c1-28-15-19(17-8-4-3-5-9-17)24(27-28)21-13-12-18(14-25-21)30-16-23-26-20-10-6-7-11-22(20)29(23)2/h3-15H,16H2,1-2H3. The summed E-state index contributed by atoms with van der Waals surface area (Å²) in [6, 6.07) is 22.1. The number of fused-ring (bicyclic) bond motifs is 1. The van der Waals surface area contributed by atoms with Gasteiger partial charge in [0.25, 0.3) is 0 Å². The maximum atomic E-state index is 5.94. The van der Waals surface area contributed by atoms with Gasteiger partial charge < -0.3 is 9.30 Å². The van der Waals surface area contributed by atoms with Gasteiger partial charge in [0, 0.05) is 25.9 Å². The topological polar surface area (TPSA) is 57.8 Å². The first-order valence-electron chi connectivity index (χ1n) is 9.77. The molecule has 3 heterocycles. The molecule has 0 spiro atoms. The summed E-state index contributed by atoms with van der Waals surface area (Å²) in [7, 11) is 3.92. The van der Waals surface area contributed by atoms with Crippen molar-refractivity contribution in [2.24, 2.45) is 14.1 Å². The van der Waals surface area contributed by atoms with Gasteiger partial charge in [-0.15, -0.1) is 0 Å². The van der Waals surface area contributed by atoms with E-state index in [-0.39, 0.29) is 0 Å². The van der Waals surface area contributed by atoms with Crippen LogP contribution in [-0.2, 0) is 20.7 Å². The Bertz CT molecular complexity index is 1300. The second-order valence-corrected chi connectivity index (χ2v) is 7.17. The van der Waals surface area contributed by atoms with Gasteiger partial charge in [-0.25, -0.2) is 4.98 Å². The van der Waals surface area contributed by atoms with Crippen molar-refractivity contribution in [3.8, 4) is 28.3 Å². The average Bonchev–Trinajstić information content (AvgIpc) is 3.33. The van der Waals surface area contributed by atoms with Gasteiger partial charge in [-0.05, 0) is 29.8 Å². The van der Waals surface area contributed by atoms with E-state index in [9.17, 15) is 0 Å². The number of rotatable bonds is 5. The number of hydrogen-bond donors (Lipinski definition) is 0. The zero-order valence-electron chi connectivity index (χ0n) is 16.9. The first-order valence-corrected chi connectivity index (χ1v) is 9.77. The third-order valence-electron chi connectivity index (χ3n) is 5.14. The van der Waals surface area contributed by atoms with Crippen LogP contribution in [0.1, 0.15) is 5.82 Å². The van der Waals surface area contributed by atoms with Gasteiger partial charge in [0.05, 0.1) is 22.9 Å². The zero-order chi connectivity index (χ0) is 20.5. The van der Waals surface area contributed by atoms with Crippen molar-refractivity contribution in [1.29, 1.82) is 0 Å². The van der Waals surface area contributed by atoms with E-state index in [1.54, 1.807) is 6.20 Å². The number of para-hydroxylation sites is 2. The number of benzene rings is 2. The molecule has 5 rings (SSSR count). The Kier molecular flexibility index (Phi) is 4.52. The Morgan fingerprint density at radius 3 is 2.47 bits per heavy atom. The predicted molar refractivity (Wildman–Crippen MR) is 117 cm³/mol. The van der Waals surface area contributed by atoms with Gasteiger partial charge in [-0.3, -0.25) is 9.67 Å². The van der Waals surface area contributed by atoms with E-state index in [0.29, 0.717) is 12.4 Å². The molecule has 6 nitrogen and oxygen atoms in total. The molecule has 0 aliphatic heterocycles.